The molecule has 1 heterocycles. The van der Waals surface area contributed by atoms with E-state index in [2.05, 4.69) is 10.4 Å². The quantitative estimate of drug-likeness (QED) is 0.446. The van der Waals surface area contributed by atoms with Crippen molar-refractivity contribution < 1.29 is 4.79 Å². The van der Waals surface area contributed by atoms with Crippen LogP contribution in [0.2, 0.25) is 0 Å². The topological polar surface area (TPSA) is 71.2 Å². The van der Waals surface area contributed by atoms with Crippen molar-refractivity contribution in [2.24, 2.45) is 5.84 Å². The molecule has 1 aromatic rings. The van der Waals surface area contributed by atoms with E-state index in [4.69, 9.17) is 5.84 Å². The van der Waals surface area contributed by atoms with Crippen molar-refractivity contribution in [2.45, 2.75) is 32.9 Å². The molecule has 0 aromatic carbocycles. The molecule has 3 N–H and O–H groups in total. The number of nitrogens with two attached hydrogens (primary N) is 1. The molecule has 1 atom stereocenters. The van der Waals surface area contributed by atoms with Gasteiger partial charge in [0.15, 0.2) is 0 Å². The minimum atomic E-state index is -0.220. The van der Waals surface area contributed by atoms with Crippen molar-refractivity contribution >= 4 is 5.91 Å². The summed E-state index contributed by atoms with van der Waals surface area (Å²) in [5, 5.41) is 0. The van der Waals surface area contributed by atoms with Gasteiger partial charge in [0.1, 0.15) is 0 Å². The van der Waals surface area contributed by atoms with E-state index >= 15 is 0 Å². The number of carbonyl (C=O) groups excluding carboxylic acids is 1. The van der Waals surface area contributed by atoms with Gasteiger partial charge in [-0.3, -0.25) is 20.1 Å². The number of nitrogens with zero attached hydrogens (tertiary/aromatic N) is 2. The van der Waals surface area contributed by atoms with E-state index in [9.17, 15) is 4.79 Å². The van der Waals surface area contributed by atoms with E-state index in [1.165, 1.54) is 0 Å². The molecule has 0 saturated carbocycles. The average Bonchev–Trinajstić information content (AvgIpc) is 2.29. The van der Waals surface area contributed by atoms with Crippen LogP contribution in [0.15, 0.2) is 18.2 Å². The molecular formula is C12H20N4O. The summed E-state index contributed by atoms with van der Waals surface area (Å²) in [6, 6.07) is 5.65. The van der Waals surface area contributed by atoms with Crippen molar-refractivity contribution in [3.63, 3.8) is 0 Å². The van der Waals surface area contributed by atoms with Crippen LogP contribution in [0, 0.1) is 6.92 Å². The number of aryl methyl sites for hydroxylation is 1. The second-order valence-corrected chi connectivity index (χ2v) is 4.12. The van der Waals surface area contributed by atoms with Gasteiger partial charge in [0, 0.05) is 12.2 Å². The van der Waals surface area contributed by atoms with Crippen LogP contribution in [0.5, 0.6) is 0 Å². The highest BCUT2D eigenvalue weighted by Gasteiger charge is 2.20. The molecule has 1 aromatic heterocycles. The van der Waals surface area contributed by atoms with Crippen molar-refractivity contribution in [2.75, 3.05) is 7.05 Å². The minimum absolute atomic E-state index is 0.164. The van der Waals surface area contributed by atoms with Gasteiger partial charge in [-0.05, 0) is 32.5 Å². The van der Waals surface area contributed by atoms with Crippen molar-refractivity contribution in [3.8, 4) is 0 Å². The van der Waals surface area contributed by atoms with Crippen LogP contribution < -0.4 is 11.3 Å². The van der Waals surface area contributed by atoms with Gasteiger partial charge >= 0.3 is 0 Å². The number of nitrogens with one attached hydrogen (secondary N) is 1. The summed E-state index contributed by atoms with van der Waals surface area (Å²) in [4.78, 5) is 17.9. The Kier molecular flexibility index (Phi) is 5.06. The van der Waals surface area contributed by atoms with Gasteiger partial charge in [0.05, 0.1) is 11.7 Å². The lowest BCUT2D eigenvalue weighted by atomic mass is 10.2. The van der Waals surface area contributed by atoms with Crippen LogP contribution in [-0.4, -0.2) is 28.9 Å². The van der Waals surface area contributed by atoms with E-state index in [1.807, 2.05) is 44.0 Å². The summed E-state index contributed by atoms with van der Waals surface area (Å²) in [6.07, 6.45) is 0.714. The Balaban J connectivity index is 2.70. The van der Waals surface area contributed by atoms with E-state index in [0.29, 0.717) is 13.0 Å². The molecule has 0 aliphatic rings. The molecule has 5 heteroatoms. The lowest BCUT2D eigenvalue weighted by Gasteiger charge is -2.25. The Morgan fingerprint density at radius 2 is 2.29 bits per heavy atom. The Hall–Kier alpha value is -1.46. The SMILES string of the molecule is CCC(C(=O)NN)N(C)Cc1cccc(C)n1. The fourth-order valence-electron chi connectivity index (χ4n) is 1.85. The standard InChI is InChI=1S/C12H20N4O/c1-4-11(12(17)15-13)16(3)8-10-7-5-6-9(2)14-10/h5-7,11H,4,8,13H2,1-3H3,(H,15,17). The van der Waals surface area contributed by atoms with E-state index in [0.717, 1.165) is 11.4 Å². The third-order valence-corrected chi connectivity index (χ3v) is 2.72. The monoisotopic (exact) mass is 236 g/mol. The predicted octanol–water partition coefficient (Wildman–Crippen LogP) is 0.590. The van der Waals surface area contributed by atoms with Gasteiger partial charge < -0.3 is 0 Å². The molecule has 0 aliphatic heterocycles. The molecule has 17 heavy (non-hydrogen) atoms. The fourth-order valence-corrected chi connectivity index (χ4v) is 1.85. The highest BCUT2D eigenvalue weighted by molar-refractivity contribution is 5.80. The number of amides is 1. The molecule has 1 rings (SSSR count). The zero-order chi connectivity index (χ0) is 12.8. The van der Waals surface area contributed by atoms with Crippen molar-refractivity contribution in [3.05, 3.63) is 29.6 Å². The second-order valence-electron chi connectivity index (χ2n) is 4.12. The van der Waals surface area contributed by atoms with Gasteiger partial charge in [-0.2, -0.15) is 0 Å². The molecule has 5 nitrogen and oxygen atoms in total. The number of rotatable bonds is 5. The molecule has 1 unspecified atom stereocenters. The van der Waals surface area contributed by atoms with Gasteiger partial charge in [0.25, 0.3) is 5.91 Å². The smallest absolute Gasteiger partial charge is 0.251 e. The molecule has 0 saturated heterocycles. The van der Waals surface area contributed by atoms with Gasteiger partial charge in [-0.1, -0.05) is 13.0 Å². The van der Waals surface area contributed by atoms with Crippen LogP contribution in [0.25, 0.3) is 0 Å². The first-order valence-electron chi connectivity index (χ1n) is 5.71. The molecule has 0 fully saturated rings. The summed E-state index contributed by atoms with van der Waals surface area (Å²) in [7, 11) is 1.90. The van der Waals surface area contributed by atoms with E-state index in [-0.39, 0.29) is 11.9 Å². The highest BCUT2D eigenvalue weighted by Crippen LogP contribution is 2.07. The number of hydrazine groups is 1. The van der Waals surface area contributed by atoms with Crippen molar-refractivity contribution in [1.29, 1.82) is 0 Å². The molecule has 0 bridgehead atoms. The lowest BCUT2D eigenvalue weighted by molar-refractivity contribution is -0.126. The van der Waals surface area contributed by atoms with Gasteiger partial charge in [-0.15, -0.1) is 0 Å². The normalized spacial score (nSPS) is 12.5. The van der Waals surface area contributed by atoms with E-state index < -0.39 is 0 Å². The Labute approximate surface area is 102 Å². The molecule has 0 radical (unpaired) electrons. The van der Waals surface area contributed by atoms with Crippen LogP contribution in [0.4, 0.5) is 0 Å². The number of likely N-dealkylation sites (N-methyl/N-ethyl adjacent to an activating group) is 1. The molecule has 0 aliphatic carbocycles. The van der Waals surface area contributed by atoms with E-state index in [1.54, 1.807) is 0 Å². The summed E-state index contributed by atoms with van der Waals surface area (Å²) in [5.41, 5.74) is 4.13. The maximum Gasteiger partial charge on any atom is 0.251 e. The zero-order valence-electron chi connectivity index (χ0n) is 10.6. The number of carbonyl (C=O) groups is 1. The first kappa shape index (κ1) is 13.6. The summed E-state index contributed by atoms with van der Waals surface area (Å²) >= 11 is 0. The summed E-state index contributed by atoms with van der Waals surface area (Å²) in [5.74, 6) is 5.00. The summed E-state index contributed by atoms with van der Waals surface area (Å²) < 4.78 is 0. The number of hydrogen-bond donors (Lipinski definition) is 2. The van der Waals surface area contributed by atoms with Crippen LogP contribution in [-0.2, 0) is 11.3 Å². The van der Waals surface area contributed by atoms with Crippen molar-refractivity contribution in [1.82, 2.24) is 15.3 Å². The largest absolute Gasteiger partial charge is 0.293 e. The van der Waals surface area contributed by atoms with Crippen LogP contribution in [0.3, 0.4) is 0 Å². The van der Waals surface area contributed by atoms with Crippen LogP contribution >= 0.6 is 0 Å². The maximum absolute atomic E-state index is 11.5. The first-order valence-corrected chi connectivity index (χ1v) is 5.71. The molecule has 1 amide bonds. The third kappa shape index (κ3) is 3.80. The fraction of sp³-hybridized carbons (Fsp3) is 0.500. The predicted molar refractivity (Wildman–Crippen MR) is 66.9 cm³/mol. The maximum atomic E-state index is 11.5. The number of hydrogen-bond acceptors (Lipinski definition) is 4. The van der Waals surface area contributed by atoms with Gasteiger partial charge in [0.2, 0.25) is 0 Å². The number of aromatic nitrogens is 1. The van der Waals surface area contributed by atoms with Gasteiger partial charge in [-0.25, -0.2) is 5.84 Å². The molecule has 94 valence electrons. The third-order valence-electron chi connectivity index (χ3n) is 2.72. The Bertz CT molecular complexity index is 381. The Morgan fingerprint density at radius 3 is 2.82 bits per heavy atom. The minimum Gasteiger partial charge on any atom is -0.293 e. The highest BCUT2D eigenvalue weighted by atomic mass is 16.2. The Morgan fingerprint density at radius 1 is 1.59 bits per heavy atom. The summed E-state index contributed by atoms with van der Waals surface area (Å²) in [6.45, 7) is 4.54. The second kappa shape index (κ2) is 6.32. The number of pyridine rings is 1. The first-order chi connectivity index (χ1) is 8.08. The average molecular weight is 236 g/mol. The molecule has 0 spiro atoms. The molecular weight excluding hydrogens is 216 g/mol. The lowest BCUT2D eigenvalue weighted by Crippen LogP contribution is -2.47. The van der Waals surface area contributed by atoms with Crippen LogP contribution in [0.1, 0.15) is 24.7 Å². The zero-order valence-corrected chi connectivity index (χ0v) is 10.6.